The average molecular weight is 457 g/mol. The molecule has 6 nitrogen and oxygen atoms in total. The van der Waals surface area contributed by atoms with Crippen LogP contribution in [0.2, 0.25) is 0 Å². The van der Waals surface area contributed by atoms with E-state index in [2.05, 4.69) is 4.72 Å². The zero-order valence-corrected chi connectivity index (χ0v) is 19.1. The Balaban J connectivity index is 1.95. The standard InChI is InChI=1S/C24H25FN2O4S/c1-28-20-13-15(14-21(29-2)24(20)31-4)5-6-16-7-12-19(25)23(30-3)22(16)27-32-18-10-8-17(26)9-11-18/h5-14,27H,26H2,1-4H3/b6-5-. The number of hydrogen-bond acceptors (Lipinski definition) is 7. The van der Waals surface area contributed by atoms with E-state index < -0.39 is 5.82 Å². The Morgan fingerprint density at radius 2 is 1.44 bits per heavy atom. The zero-order valence-electron chi connectivity index (χ0n) is 18.3. The van der Waals surface area contributed by atoms with Crippen LogP contribution in [0.15, 0.2) is 53.4 Å². The van der Waals surface area contributed by atoms with Gasteiger partial charge in [0.15, 0.2) is 23.1 Å². The minimum Gasteiger partial charge on any atom is -0.493 e. The second kappa shape index (κ2) is 10.7. The molecule has 0 aliphatic carbocycles. The summed E-state index contributed by atoms with van der Waals surface area (Å²) in [5, 5.41) is 0. The molecule has 0 aliphatic heterocycles. The fraction of sp³-hybridized carbons (Fsp3) is 0.167. The first kappa shape index (κ1) is 23.1. The summed E-state index contributed by atoms with van der Waals surface area (Å²) in [7, 11) is 6.11. The number of nitrogens with one attached hydrogen (secondary N) is 1. The Kier molecular flexibility index (Phi) is 7.72. The van der Waals surface area contributed by atoms with E-state index >= 15 is 0 Å². The normalized spacial score (nSPS) is 10.8. The van der Waals surface area contributed by atoms with Crippen LogP contribution < -0.4 is 29.4 Å². The van der Waals surface area contributed by atoms with Gasteiger partial charge in [0, 0.05) is 16.1 Å². The largest absolute Gasteiger partial charge is 0.493 e. The van der Waals surface area contributed by atoms with Gasteiger partial charge in [-0.05, 0) is 66.0 Å². The van der Waals surface area contributed by atoms with Crippen LogP contribution in [0.25, 0.3) is 12.2 Å². The molecule has 0 fully saturated rings. The molecule has 3 rings (SSSR count). The summed E-state index contributed by atoms with van der Waals surface area (Å²) in [6.07, 6.45) is 3.73. The molecule has 0 aromatic heterocycles. The molecule has 3 N–H and O–H groups in total. The van der Waals surface area contributed by atoms with E-state index in [1.165, 1.54) is 25.1 Å². The van der Waals surface area contributed by atoms with Crippen LogP contribution in [0.3, 0.4) is 0 Å². The minimum atomic E-state index is -0.460. The number of benzene rings is 3. The van der Waals surface area contributed by atoms with Crippen LogP contribution in [0.4, 0.5) is 15.8 Å². The van der Waals surface area contributed by atoms with Gasteiger partial charge in [0.25, 0.3) is 0 Å². The highest BCUT2D eigenvalue weighted by Crippen LogP contribution is 2.40. The smallest absolute Gasteiger partial charge is 0.203 e. The lowest BCUT2D eigenvalue weighted by atomic mass is 10.1. The van der Waals surface area contributed by atoms with Crippen molar-refractivity contribution in [3.05, 3.63) is 65.5 Å². The Bertz CT molecular complexity index is 1080. The second-order valence-electron chi connectivity index (χ2n) is 6.61. The van der Waals surface area contributed by atoms with Crippen LogP contribution in [0, 0.1) is 5.82 Å². The summed E-state index contributed by atoms with van der Waals surface area (Å²) < 4.78 is 39.1. The SMILES string of the molecule is COc1cc(/C=C\c2ccc(F)c(OC)c2NSc2ccc(N)cc2)cc(OC)c1OC. The summed E-state index contributed by atoms with van der Waals surface area (Å²) in [5.74, 6) is 1.26. The van der Waals surface area contributed by atoms with E-state index in [1.807, 2.05) is 36.4 Å². The first-order valence-electron chi connectivity index (χ1n) is 9.63. The summed E-state index contributed by atoms with van der Waals surface area (Å²) in [5.41, 5.74) is 8.48. The second-order valence-corrected chi connectivity index (χ2v) is 7.49. The lowest BCUT2D eigenvalue weighted by molar-refractivity contribution is 0.324. The number of ether oxygens (including phenoxy) is 4. The quantitative estimate of drug-likeness (QED) is 0.242. The number of rotatable bonds is 9. The first-order valence-corrected chi connectivity index (χ1v) is 10.4. The van der Waals surface area contributed by atoms with Gasteiger partial charge in [-0.2, -0.15) is 0 Å². The van der Waals surface area contributed by atoms with Crippen molar-refractivity contribution in [1.29, 1.82) is 0 Å². The molecule has 3 aromatic rings. The Morgan fingerprint density at radius 3 is 2.00 bits per heavy atom. The van der Waals surface area contributed by atoms with Crippen molar-refractivity contribution in [2.45, 2.75) is 4.90 Å². The van der Waals surface area contributed by atoms with Gasteiger partial charge in [-0.1, -0.05) is 12.2 Å². The molecule has 0 bridgehead atoms. The highest BCUT2D eigenvalue weighted by atomic mass is 32.2. The molecule has 8 heteroatoms. The molecule has 0 heterocycles. The molecule has 0 spiro atoms. The fourth-order valence-corrected chi connectivity index (χ4v) is 3.75. The van der Waals surface area contributed by atoms with Gasteiger partial charge in [-0.25, -0.2) is 4.39 Å². The number of nitrogens with two attached hydrogens (primary N) is 1. The molecular formula is C24H25FN2O4S. The summed E-state index contributed by atoms with van der Waals surface area (Å²) in [4.78, 5) is 0.921. The summed E-state index contributed by atoms with van der Waals surface area (Å²) >= 11 is 1.33. The van der Waals surface area contributed by atoms with Gasteiger partial charge in [0.1, 0.15) is 0 Å². The molecule has 0 radical (unpaired) electrons. The van der Waals surface area contributed by atoms with Crippen LogP contribution in [0.1, 0.15) is 11.1 Å². The Hall–Kier alpha value is -3.52. The summed E-state index contributed by atoms with van der Waals surface area (Å²) in [6, 6.07) is 14.1. The molecule has 0 saturated carbocycles. The van der Waals surface area contributed by atoms with Crippen molar-refractivity contribution in [3.63, 3.8) is 0 Å². The molecule has 0 atom stereocenters. The molecule has 0 aliphatic rings. The topological polar surface area (TPSA) is 75.0 Å². The zero-order chi connectivity index (χ0) is 23.1. The van der Waals surface area contributed by atoms with Crippen LogP contribution in [0.5, 0.6) is 23.0 Å². The number of nitrogen functional groups attached to an aromatic ring is 1. The number of methoxy groups -OCH3 is 4. The fourth-order valence-electron chi connectivity index (χ4n) is 3.05. The number of hydrogen-bond donors (Lipinski definition) is 2. The highest BCUT2D eigenvalue weighted by Gasteiger charge is 2.15. The third kappa shape index (κ3) is 5.20. The molecule has 0 amide bonds. The van der Waals surface area contributed by atoms with E-state index in [1.54, 1.807) is 39.5 Å². The predicted molar refractivity (Wildman–Crippen MR) is 128 cm³/mol. The summed E-state index contributed by atoms with van der Waals surface area (Å²) in [6.45, 7) is 0. The maximum absolute atomic E-state index is 14.4. The third-order valence-corrected chi connectivity index (χ3v) is 5.45. The molecule has 0 saturated heterocycles. The van der Waals surface area contributed by atoms with Crippen molar-refractivity contribution < 1.29 is 23.3 Å². The van der Waals surface area contributed by atoms with Gasteiger partial charge in [0.2, 0.25) is 5.75 Å². The van der Waals surface area contributed by atoms with Crippen molar-refractivity contribution in [1.82, 2.24) is 0 Å². The number of halogens is 1. The monoisotopic (exact) mass is 456 g/mol. The van der Waals surface area contributed by atoms with Gasteiger partial charge in [-0.15, -0.1) is 0 Å². The van der Waals surface area contributed by atoms with Crippen LogP contribution in [-0.2, 0) is 0 Å². The maximum Gasteiger partial charge on any atom is 0.203 e. The van der Waals surface area contributed by atoms with Gasteiger partial charge >= 0.3 is 0 Å². The third-order valence-electron chi connectivity index (χ3n) is 4.64. The van der Waals surface area contributed by atoms with Gasteiger partial charge in [0.05, 0.1) is 34.1 Å². The highest BCUT2D eigenvalue weighted by molar-refractivity contribution is 8.00. The first-order chi connectivity index (χ1) is 15.5. The molecule has 168 valence electrons. The molecule has 3 aromatic carbocycles. The van der Waals surface area contributed by atoms with Crippen molar-refractivity contribution in [2.24, 2.45) is 0 Å². The van der Waals surface area contributed by atoms with E-state index in [0.29, 0.717) is 28.6 Å². The lowest BCUT2D eigenvalue weighted by Crippen LogP contribution is -1.98. The number of anilines is 2. The van der Waals surface area contributed by atoms with Crippen LogP contribution in [-0.4, -0.2) is 28.4 Å². The van der Waals surface area contributed by atoms with Gasteiger partial charge < -0.3 is 29.4 Å². The van der Waals surface area contributed by atoms with E-state index in [-0.39, 0.29) is 5.75 Å². The average Bonchev–Trinajstić information content (AvgIpc) is 2.82. The van der Waals surface area contributed by atoms with Crippen molar-refractivity contribution in [3.8, 4) is 23.0 Å². The Morgan fingerprint density at radius 1 is 0.812 bits per heavy atom. The van der Waals surface area contributed by atoms with Crippen LogP contribution >= 0.6 is 11.9 Å². The lowest BCUT2D eigenvalue weighted by Gasteiger charge is -2.15. The van der Waals surface area contributed by atoms with E-state index in [4.69, 9.17) is 24.7 Å². The molecular weight excluding hydrogens is 431 g/mol. The van der Waals surface area contributed by atoms with Crippen molar-refractivity contribution in [2.75, 3.05) is 38.9 Å². The van der Waals surface area contributed by atoms with E-state index in [9.17, 15) is 4.39 Å². The van der Waals surface area contributed by atoms with Crippen molar-refractivity contribution >= 4 is 35.5 Å². The maximum atomic E-state index is 14.4. The predicted octanol–water partition coefficient (Wildman–Crippen LogP) is 5.73. The molecule has 32 heavy (non-hydrogen) atoms. The Labute approximate surface area is 191 Å². The minimum absolute atomic E-state index is 0.125. The van der Waals surface area contributed by atoms with E-state index in [0.717, 1.165) is 16.0 Å². The molecule has 0 unspecified atom stereocenters. The van der Waals surface area contributed by atoms with Gasteiger partial charge in [-0.3, -0.25) is 0 Å².